The minimum Gasteiger partial charge on any atom is -0.331 e. The van der Waals surface area contributed by atoms with Gasteiger partial charge in [0.05, 0.1) is 30.3 Å². The van der Waals surface area contributed by atoms with Gasteiger partial charge in [0, 0.05) is 19.1 Å². The minimum atomic E-state index is -3.08. The monoisotopic (exact) mass is 384 g/mol. The molecule has 3 saturated heterocycles. The molecular weight excluding hydrogens is 360 g/mol. The Morgan fingerprint density at radius 1 is 1.20 bits per heavy atom. The standard InChI is InChI=1S/C16H24N4O3S2/c1-18-6-7-20(13-11-25(22,23)10-12(13)18)16(21)14-8-17-15(24-14)9-19-4-2-3-5-19/h8,12-13H,2-7,9-11H2,1H3/t12-,13+/m1/s1. The molecule has 2 atom stereocenters. The second-order valence-corrected chi connectivity index (χ2v) is 10.6. The highest BCUT2D eigenvalue weighted by atomic mass is 32.2. The molecule has 0 spiro atoms. The highest BCUT2D eigenvalue weighted by Gasteiger charge is 2.47. The quantitative estimate of drug-likeness (QED) is 0.746. The van der Waals surface area contributed by atoms with Crippen LogP contribution in [-0.4, -0.2) is 90.8 Å². The number of nitrogens with zero attached hydrogens (tertiary/aromatic N) is 4. The van der Waals surface area contributed by atoms with Crippen molar-refractivity contribution in [3.63, 3.8) is 0 Å². The fourth-order valence-electron chi connectivity index (χ4n) is 4.13. The number of fused-ring (bicyclic) bond motifs is 1. The Morgan fingerprint density at radius 3 is 2.68 bits per heavy atom. The van der Waals surface area contributed by atoms with Crippen LogP contribution in [0.3, 0.4) is 0 Å². The molecule has 1 aromatic rings. The number of amides is 1. The second-order valence-electron chi connectivity index (χ2n) is 7.29. The van der Waals surface area contributed by atoms with Crippen LogP contribution >= 0.6 is 11.3 Å². The Morgan fingerprint density at radius 2 is 1.92 bits per heavy atom. The number of carbonyl (C=O) groups is 1. The lowest BCUT2D eigenvalue weighted by Gasteiger charge is -2.42. The highest BCUT2D eigenvalue weighted by molar-refractivity contribution is 7.91. The summed E-state index contributed by atoms with van der Waals surface area (Å²) in [5, 5.41) is 0.968. The number of thiazole rings is 1. The number of aromatic nitrogens is 1. The van der Waals surface area contributed by atoms with E-state index in [2.05, 4.69) is 14.8 Å². The molecule has 0 N–H and O–H groups in total. The van der Waals surface area contributed by atoms with Crippen LogP contribution in [0.15, 0.2) is 6.20 Å². The molecule has 1 aromatic heterocycles. The number of hydrogen-bond acceptors (Lipinski definition) is 7. The molecule has 4 rings (SSSR count). The molecule has 0 aromatic carbocycles. The number of piperazine rings is 1. The molecule has 7 nitrogen and oxygen atoms in total. The van der Waals surface area contributed by atoms with Crippen molar-refractivity contribution in [2.45, 2.75) is 31.5 Å². The number of sulfone groups is 1. The minimum absolute atomic E-state index is 0.0645. The molecule has 0 radical (unpaired) electrons. The van der Waals surface area contributed by atoms with Gasteiger partial charge in [-0.15, -0.1) is 11.3 Å². The van der Waals surface area contributed by atoms with Crippen LogP contribution in [0.5, 0.6) is 0 Å². The molecule has 0 bridgehead atoms. The summed E-state index contributed by atoms with van der Waals surface area (Å²) in [5.74, 6) is 0.166. The number of hydrogen-bond donors (Lipinski definition) is 0. The molecule has 3 aliphatic rings. The first kappa shape index (κ1) is 17.4. The fourth-order valence-corrected chi connectivity index (χ4v) is 7.11. The summed E-state index contributed by atoms with van der Waals surface area (Å²) in [4.78, 5) is 24.2. The Labute approximate surface area is 152 Å². The van der Waals surface area contributed by atoms with Crippen LogP contribution in [0.25, 0.3) is 0 Å². The van der Waals surface area contributed by atoms with Gasteiger partial charge in [-0.05, 0) is 33.0 Å². The summed E-state index contributed by atoms with van der Waals surface area (Å²) in [7, 11) is -1.13. The Hall–Kier alpha value is -1.03. The predicted molar refractivity (Wildman–Crippen MR) is 96.5 cm³/mol. The summed E-state index contributed by atoms with van der Waals surface area (Å²) in [6.07, 6.45) is 4.13. The van der Waals surface area contributed by atoms with Crippen molar-refractivity contribution >= 4 is 27.1 Å². The molecule has 1 amide bonds. The van der Waals surface area contributed by atoms with Gasteiger partial charge in [-0.25, -0.2) is 13.4 Å². The van der Waals surface area contributed by atoms with Crippen LogP contribution < -0.4 is 0 Å². The second kappa shape index (κ2) is 6.61. The highest BCUT2D eigenvalue weighted by Crippen LogP contribution is 2.28. The molecular formula is C16H24N4O3S2. The zero-order valence-corrected chi connectivity index (χ0v) is 16.1. The predicted octanol–water partition coefficient (Wildman–Crippen LogP) is 0.292. The maximum absolute atomic E-state index is 13.0. The van der Waals surface area contributed by atoms with Gasteiger partial charge in [0.1, 0.15) is 9.88 Å². The van der Waals surface area contributed by atoms with Crippen LogP contribution in [0.1, 0.15) is 27.5 Å². The molecule has 0 saturated carbocycles. The van der Waals surface area contributed by atoms with Gasteiger partial charge in [0.25, 0.3) is 5.91 Å². The lowest BCUT2D eigenvalue weighted by molar-refractivity contribution is 0.0414. The average molecular weight is 385 g/mol. The first-order valence-electron chi connectivity index (χ1n) is 8.82. The van der Waals surface area contributed by atoms with Crippen molar-refractivity contribution in [1.29, 1.82) is 0 Å². The lowest BCUT2D eigenvalue weighted by atomic mass is 10.1. The molecule has 9 heteroatoms. The van der Waals surface area contributed by atoms with Crippen LogP contribution in [0.4, 0.5) is 0 Å². The number of likely N-dealkylation sites (N-methyl/N-ethyl adjacent to an activating group) is 1. The Kier molecular flexibility index (Phi) is 4.59. The van der Waals surface area contributed by atoms with Gasteiger partial charge in [-0.1, -0.05) is 0 Å². The van der Waals surface area contributed by atoms with E-state index in [1.165, 1.54) is 24.2 Å². The van der Waals surface area contributed by atoms with Gasteiger partial charge in [0.2, 0.25) is 0 Å². The van der Waals surface area contributed by atoms with E-state index in [9.17, 15) is 13.2 Å². The molecule has 0 aliphatic carbocycles. The molecule has 3 fully saturated rings. The van der Waals surface area contributed by atoms with E-state index >= 15 is 0 Å². The van der Waals surface area contributed by atoms with Gasteiger partial charge in [-0.2, -0.15) is 0 Å². The van der Waals surface area contributed by atoms with Crippen molar-refractivity contribution in [3.05, 3.63) is 16.1 Å². The van der Waals surface area contributed by atoms with Crippen molar-refractivity contribution in [2.75, 3.05) is 44.7 Å². The molecule has 138 valence electrons. The number of rotatable bonds is 3. The van der Waals surface area contributed by atoms with Gasteiger partial charge in [-0.3, -0.25) is 14.6 Å². The van der Waals surface area contributed by atoms with Crippen LogP contribution in [0, 0.1) is 0 Å². The summed E-state index contributed by atoms with van der Waals surface area (Å²) in [6, 6.07) is -0.319. The van der Waals surface area contributed by atoms with Crippen molar-refractivity contribution in [2.24, 2.45) is 0 Å². The maximum Gasteiger partial charge on any atom is 0.265 e. The lowest BCUT2D eigenvalue weighted by Crippen LogP contribution is -2.59. The van der Waals surface area contributed by atoms with E-state index in [0.29, 0.717) is 18.0 Å². The van der Waals surface area contributed by atoms with E-state index in [1.54, 1.807) is 11.1 Å². The maximum atomic E-state index is 13.0. The topological polar surface area (TPSA) is 73.8 Å². The molecule has 4 heterocycles. The summed E-state index contributed by atoms with van der Waals surface area (Å²) in [6.45, 7) is 4.29. The third-order valence-corrected chi connectivity index (χ3v) is 8.21. The third-order valence-electron chi connectivity index (χ3n) is 5.54. The first-order valence-corrected chi connectivity index (χ1v) is 11.5. The SMILES string of the molecule is CN1CCN(C(=O)c2cnc(CN3CCCC3)s2)[C@H]2CS(=O)(=O)C[C@H]21. The first-order chi connectivity index (χ1) is 11.9. The Bertz CT molecular complexity index is 757. The van der Waals surface area contributed by atoms with E-state index < -0.39 is 9.84 Å². The Balaban J connectivity index is 1.49. The van der Waals surface area contributed by atoms with Crippen LogP contribution in [-0.2, 0) is 16.4 Å². The molecule has 25 heavy (non-hydrogen) atoms. The third kappa shape index (κ3) is 3.47. The average Bonchev–Trinajstić information content (AvgIpc) is 3.27. The molecule has 3 aliphatic heterocycles. The van der Waals surface area contributed by atoms with E-state index in [0.717, 1.165) is 24.6 Å². The zero-order chi connectivity index (χ0) is 17.6. The normalized spacial score (nSPS) is 29.9. The van der Waals surface area contributed by atoms with E-state index in [4.69, 9.17) is 0 Å². The van der Waals surface area contributed by atoms with Crippen molar-refractivity contribution < 1.29 is 13.2 Å². The van der Waals surface area contributed by atoms with Crippen LogP contribution in [0.2, 0.25) is 0 Å². The fraction of sp³-hybridized carbons (Fsp3) is 0.750. The van der Waals surface area contributed by atoms with E-state index in [1.807, 2.05) is 7.05 Å². The van der Waals surface area contributed by atoms with Gasteiger partial charge in [0.15, 0.2) is 9.84 Å². The summed E-state index contributed by atoms with van der Waals surface area (Å²) >= 11 is 1.45. The summed E-state index contributed by atoms with van der Waals surface area (Å²) in [5.41, 5.74) is 0. The van der Waals surface area contributed by atoms with Gasteiger partial charge >= 0.3 is 0 Å². The number of carbonyl (C=O) groups excluding carboxylic acids is 1. The largest absolute Gasteiger partial charge is 0.331 e. The van der Waals surface area contributed by atoms with Crippen molar-refractivity contribution in [3.8, 4) is 0 Å². The zero-order valence-electron chi connectivity index (χ0n) is 14.4. The summed E-state index contributed by atoms with van der Waals surface area (Å²) < 4.78 is 24.1. The molecule has 0 unspecified atom stereocenters. The smallest absolute Gasteiger partial charge is 0.265 e. The van der Waals surface area contributed by atoms with Gasteiger partial charge < -0.3 is 4.90 Å². The van der Waals surface area contributed by atoms with Crippen molar-refractivity contribution in [1.82, 2.24) is 19.7 Å². The number of likely N-dealkylation sites (tertiary alicyclic amines) is 1. The van der Waals surface area contributed by atoms with E-state index in [-0.39, 0.29) is 29.5 Å².